The van der Waals surface area contributed by atoms with E-state index < -0.39 is 5.82 Å². The normalized spacial score (nSPS) is 19.1. The van der Waals surface area contributed by atoms with Crippen LogP contribution in [0.4, 0.5) is 15.8 Å². The number of nitrogens with zero attached hydrogens (tertiary/aromatic N) is 1. The Kier molecular flexibility index (Phi) is 4.74. The first-order valence-corrected chi connectivity index (χ1v) is 6.88. The molecule has 2 rings (SSSR count). The molecule has 114 valence electrons. The fourth-order valence-corrected chi connectivity index (χ4v) is 2.42. The molecule has 1 aromatic carbocycles. The van der Waals surface area contributed by atoms with Crippen LogP contribution in [0.1, 0.15) is 13.3 Å². The predicted octanol–water partition coefficient (Wildman–Crippen LogP) is 0.557. The fraction of sp³-hybridized carbons (Fsp3) is 0.429. The summed E-state index contributed by atoms with van der Waals surface area (Å²) in [7, 11) is 0. The molecule has 4 N–H and O–H groups in total. The predicted molar refractivity (Wildman–Crippen MR) is 78.1 cm³/mol. The van der Waals surface area contributed by atoms with Gasteiger partial charge in [-0.2, -0.15) is 0 Å². The highest BCUT2D eigenvalue weighted by molar-refractivity contribution is 5.95. The number of benzene rings is 1. The second-order valence-electron chi connectivity index (χ2n) is 4.97. The standard InChI is InChI=1S/C14H19FN4O2/c1-2-12-14(21)17-5-6-19(12)8-13(20)18-11-4-3-9(15)7-10(11)16/h3-4,7,12H,2,5-6,8,16H2,1H3,(H,17,21)(H,18,20). The number of halogens is 1. The van der Waals surface area contributed by atoms with E-state index in [-0.39, 0.29) is 30.1 Å². The third-order valence-electron chi connectivity index (χ3n) is 3.46. The van der Waals surface area contributed by atoms with Crippen molar-refractivity contribution in [3.63, 3.8) is 0 Å². The average Bonchev–Trinajstić information content (AvgIpc) is 2.42. The molecule has 1 unspecified atom stereocenters. The van der Waals surface area contributed by atoms with Crippen LogP contribution in [0.5, 0.6) is 0 Å². The Hall–Kier alpha value is -2.15. The molecular weight excluding hydrogens is 275 g/mol. The average molecular weight is 294 g/mol. The first kappa shape index (κ1) is 15.2. The molecule has 1 heterocycles. The third-order valence-corrected chi connectivity index (χ3v) is 3.46. The van der Waals surface area contributed by atoms with Crippen molar-refractivity contribution in [3.8, 4) is 0 Å². The van der Waals surface area contributed by atoms with E-state index >= 15 is 0 Å². The molecule has 1 saturated heterocycles. The van der Waals surface area contributed by atoms with Crippen LogP contribution in [0.2, 0.25) is 0 Å². The molecule has 1 aliphatic heterocycles. The van der Waals surface area contributed by atoms with E-state index in [0.717, 1.165) is 6.07 Å². The number of nitrogen functional groups attached to an aromatic ring is 1. The minimum Gasteiger partial charge on any atom is -0.397 e. The molecule has 7 heteroatoms. The van der Waals surface area contributed by atoms with Crippen molar-refractivity contribution in [1.82, 2.24) is 10.2 Å². The second-order valence-corrected chi connectivity index (χ2v) is 4.97. The van der Waals surface area contributed by atoms with Crippen LogP contribution in [0.25, 0.3) is 0 Å². The molecule has 21 heavy (non-hydrogen) atoms. The maximum Gasteiger partial charge on any atom is 0.238 e. The molecule has 0 aromatic heterocycles. The van der Waals surface area contributed by atoms with Crippen LogP contribution in [0.15, 0.2) is 18.2 Å². The van der Waals surface area contributed by atoms with E-state index in [0.29, 0.717) is 25.2 Å². The summed E-state index contributed by atoms with van der Waals surface area (Å²) in [6, 6.07) is 3.51. The Labute approximate surface area is 122 Å². The van der Waals surface area contributed by atoms with Crippen LogP contribution in [-0.2, 0) is 9.59 Å². The van der Waals surface area contributed by atoms with Crippen molar-refractivity contribution in [2.24, 2.45) is 0 Å². The molecule has 0 saturated carbocycles. The van der Waals surface area contributed by atoms with Gasteiger partial charge in [-0.25, -0.2) is 4.39 Å². The monoisotopic (exact) mass is 294 g/mol. The van der Waals surface area contributed by atoms with Gasteiger partial charge in [0.1, 0.15) is 5.82 Å². The Morgan fingerprint density at radius 3 is 3.00 bits per heavy atom. The van der Waals surface area contributed by atoms with Gasteiger partial charge in [-0.05, 0) is 24.6 Å². The smallest absolute Gasteiger partial charge is 0.238 e. The molecule has 0 bridgehead atoms. The maximum absolute atomic E-state index is 13.0. The first-order chi connectivity index (χ1) is 10.0. The van der Waals surface area contributed by atoms with Crippen molar-refractivity contribution in [2.45, 2.75) is 19.4 Å². The zero-order valence-electron chi connectivity index (χ0n) is 11.9. The van der Waals surface area contributed by atoms with Crippen molar-refractivity contribution in [1.29, 1.82) is 0 Å². The van der Waals surface area contributed by atoms with Crippen LogP contribution < -0.4 is 16.4 Å². The molecular formula is C14H19FN4O2. The van der Waals surface area contributed by atoms with Crippen molar-refractivity contribution < 1.29 is 14.0 Å². The zero-order valence-corrected chi connectivity index (χ0v) is 11.9. The molecule has 6 nitrogen and oxygen atoms in total. The molecule has 2 amide bonds. The Morgan fingerprint density at radius 1 is 1.57 bits per heavy atom. The summed E-state index contributed by atoms with van der Waals surface area (Å²) < 4.78 is 13.0. The number of carbonyl (C=O) groups is 2. The Morgan fingerprint density at radius 2 is 2.33 bits per heavy atom. The van der Waals surface area contributed by atoms with Crippen molar-refractivity contribution in [3.05, 3.63) is 24.0 Å². The van der Waals surface area contributed by atoms with Crippen molar-refractivity contribution >= 4 is 23.2 Å². The van der Waals surface area contributed by atoms with Gasteiger partial charge in [-0.3, -0.25) is 14.5 Å². The van der Waals surface area contributed by atoms with E-state index in [1.165, 1.54) is 12.1 Å². The number of hydrogen-bond donors (Lipinski definition) is 3. The van der Waals surface area contributed by atoms with Crippen LogP contribution in [0, 0.1) is 5.82 Å². The van der Waals surface area contributed by atoms with E-state index in [4.69, 9.17) is 5.73 Å². The molecule has 0 aliphatic carbocycles. The Balaban J connectivity index is 1.99. The molecule has 1 aliphatic rings. The SMILES string of the molecule is CCC1C(=O)NCCN1CC(=O)Nc1ccc(F)cc1N. The number of piperazine rings is 1. The highest BCUT2D eigenvalue weighted by atomic mass is 19.1. The lowest BCUT2D eigenvalue weighted by Gasteiger charge is -2.33. The summed E-state index contributed by atoms with van der Waals surface area (Å²) in [5, 5.41) is 5.42. The lowest BCUT2D eigenvalue weighted by molar-refractivity contribution is -0.130. The van der Waals surface area contributed by atoms with E-state index in [2.05, 4.69) is 10.6 Å². The minimum atomic E-state index is -0.454. The molecule has 1 fully saturated rings. The largest absolute Gasteiger partial charge is 0.397 e. The summed E-state index contributed by atoms with van der Waals surface area (Å²) in [6.07, 6.45) is 0.637. The van der Waals surface area contributed by atoms with Gasteiger partial charge in [-0.15, -0.1) is 0 Å². The number of nitrogens with one attached hydrogen (secondary N) is 2. The summed E-state index contributed by atoms with van der Waals surface area (Å²) in [5.41, 5.74) is 6.19. The highest BCUT2D eigenvalue weighted by Gasteiger charge is 2.29. The summed E-state index contributed by atoms with van der Waals surface area (Å²) in [6.45, 7) is 3.15. The number of rotatable bonds is 4. The third kappa shape index (κ3) is 3.69. The number of anilines is 2. The number of carbonyl (C=O) groups excluding carboxylic acids is 2. The van der Waals surface area contributed by atoms with Gasteiger partial charge in [0.2, 0.25) is 11.8 Å². The van der Waals surface area contributed by atoms with Gasteiger partial charge >= 0.3 is 0 Å². The lowest BCUT2D eigenvalue weighted by atomic mass is 10.1. The summed E-state index contributed by atoms with van der Waals surface area (Å²) in [5.74, 6) is -0.788. The second kappa shape index (κ2) is 6.53. The van der Waals surface area contributed by atoms with Gasteiger partial charge < -0.3 is 16.4 Å². The van der Waals surface area contributed by atoms with Gasteiger partial charge in [0, 0.05) is 13.1 Å². The number of amides is 2. The molecule has 0 radical (unpaired) electrons. The maximum atomic E-state index is 13.0. The minimum absolute atomic E-state index is 0.0575. The van der Waals surface area contributed by atoms with Crippen LogP contribution >= 0.6 is 0 Å². The summed E-state index contributed by atoms with van der Waals surface area (Å²) >= 11 is 0. The first-order valence-electron chi connectivity index (χ1n) is 6.88. The zero-order chi connectivity index (χ0) is 15.4. The van der Waals surface area contributed by atoms with E-state index in [1.54, 1.807) is 0 Å². The van der Waals surface area contributed by atoms with Gasteiger partial charge in [-0.1, -0.05) is 6.92 Å². The van der Waals surface area contributed by atoms with Crippen LogP contribution in [0.3, 0.4) is 0 Å². The van der Waals surface area contributed by atoms with Gasteiger partial charge in [0.05, 0.1) is 24.0 Å². The topological polar surface area (TPSA) is 87.5 Å². The van der Waals surface area contributed by atoms with E-state index in [1.807, 2.05) is 11.8 Å². The molecule has 1 aromatic rings. The van der Waals surface area contributed by atoms with Gasteiger partial charge in [0.15, 0.2) is 0 Å². The molecule has 0 spiro atoms. The number of nitrogens with two attached hydrogens (primary N) is 1. The molecule has 1 atom stereocenters. The highest BCUT2D eigenvalue weighted by Crippen LogP contribution is 2.19. The van der Waals surface area contributed by atoms with Crippen LogP contribution in [-0.4, -0.2) is 42.4 Å². The quantitative estimate of drug-likeness (QED) is 0.708. The Bertz CT molecular complexity index is 550. The van der Waals surface area contributed by atoms with Gasteiger partial charge in [0.25, 0.3) is 0 Å². The van der Waals surface area contributed by atoms with E-state index in [9.17, 15) is 14.0 Å². The number of hydrogen-bond acceptors (Lipinski definition) is 4. The van der Waals surface area contributed by atoms with Crippen molar-refractivity contribution in [2.75, 3.05) is 30.7 Å². The fourth-order valence-electron chi connectivity index (χ4n) is 2.42. The summed E-state index contributed by atoms with van der Waals surface area (Å²) in [4.78, 5) is 25.6. The lowest BCUT2D eigenvalue weighted by Crippen LogP contribution is -2.56.